The van der Waals surface area contributed by atoms with Gasteiger partial charge in [0.2, 0.25) is 0 Å². The Labute approximate surface area is 123 Å². The van der Waals surface area contributed by atoms with Crippen molar-refractivity contribution in [2.24, 2.45) is 0 Å². The highest BCUT2D eigenvalue weighted by atomic mass is 16.4. The Bertz CT molecular complexity index is 615. The van der Waals surface area contributed by atoms with E-state index >= 15 is 0 Å². The normalized spacial score (nSPS) is 14.6. The Morgan fingerprint density at radius 2 is 1.81 bits per heavy atom. The summed E-state index contributed by atoms with van der Waals surface area (Å²) < 4.78 is 1.69. The zero-order valence-electron chi connectivity index (χ0n) is 11.8. The molecule has 21 heavy (non-hydrogen) atoms. The van der Waals surface area contributed by atoms with Crippen molar-refractivity contribution < 1.29 is 9.90 Å². The SMILES string of the molecule is O=C(O)CCc1cn(-c2ccc(N3CCCC3)cc2)nn1. The molecule has 1 aliphatic rings. The second kappa shape index (κ2) is 5.95. The summed E-state index contributed by atoms with van der Waals surface area (Å²) in [6.45, 7) is 2.25. The number of benzene rings is 1. The number of aliphatic carboxylic acids is 1. The smallest absolute Gasteiger partial charge is 0.303 e. The van der Waals surface area contributed by atoms with Gasteiger partial charge in [0.25, 0.3) is 0 Å². The highest BCUT2D eigenvalue weighted by Crippen LogP contribution is 2.21. The number of anilines is 1. The van der Waals surface area contributed by atoms with E-state index in [4.69, 9.17) is 5.11 Å². The van der Waals surface area contributed by atoms with Crippen LogP contribution in [0.25, 0.3) is 5.69 Å². The number of aryl methyl sites for hydroxylation is 1. The third-order valence-electron chi connectivity index (χ3n) is 3.72. The van der Waals surface area contributed by atoms with Gasteiger partial charge in [0.1, 0.15) is 0 Å². The number of carboxylic acid groups (broad SMARTS) is 1. The summed E-state index contributed by atoms with van der Waals surface area (Å²) >= 11 is 0. The molecule has 0 spiro atoms. The predicted molar refractivity (Wildman–Crippen MR) is 78.8 cm³/mol. The lowest BCUT2D eigenvalue weighted by Gasteiger charge is -2.17. The molecular weight excluding hydrogens is 268 g/mol. The van der Waals surface area contributed by atoms with E-state index in [1.807, 2.05) is 12.1 Å². The van der Waals surface area contributed by atoms with Gasteiger partial charge in [-0.1, -0.05) is 5.21 Å². The van der Waals surface area contributed by atoms with Crippen molar-refractivity contribution in [2.45, 2.75) is 25.7 Å². The van der Waals surface area contributed by atoms with Gasteiger partial charge in [0, 0.05) is 25.2 Å². The first kappa shape index (κ1) is 13.6. The molecule has 2 aromatic rings. The fraction of sp³-hybridized carbons (Fsp3) is 0.400. The fourth-order valence-corrected chi connectivity index (χ4v) is 2.57. The van der Waals surface area contributed by atoms with Gasteiger partial charge in [0.15, 0.2) is 0 Å². The van der Waals surface area contributed by atoms with Crippen molar-refractivity contribution in [3.63, 3.8) is 0 Å². The largest absolute Gasteiger partial charge is 0.481 e. The number of hydrogen-bond donors (Lipinski definition) is 1. The van der Waals surface area contributed by atoms with Crippen molar-refractivity contribution in [1.29, 1.82) is 0 Å². The maximum absolute atomic E-state index is 10.6. The second-order valence-corrected chi connectivity index (χ2v) is 5.26. The average Bonchev–Trinajstić information content (AvgIpc) is 3.17. The molecule has 1 fully saturated rings. The predicted octanol–water partition coefficient (Wildman–Crippen LogP) is 1.88. The molecule has 3 rings (SSSR count). The summed E-state index contributed by atoms with van der Waals surface area (Å²) in [5.41, 5.74) is 2.87. The van der Waals surface area contributed by atoms with Crippen molar-refractivity contribution in [1.82, 2.24) is 15.0 Å². The summed E-state index contributed by atoms with van der Waals surface area (Å²) in [6.07, 6.45) is 4.79. The maximum atomic E-state index is 10.6. The van der Waals surface area contributed by atoms with Gasteiger partial charge < -0.3 is 10.0 Å². The average molecular weight is 286 g/mol. The van der Waals surface area contributed by atoms with Gasteiger partial charge >= 0.3 is 5.97 Å². The quantitative estimate of drug-likeness (QED) is 0.908. The van der Waals surface area contributed by atoms with Crippen LogP contribution in [0.5, 0.6) is 0 Å². The number of rotatable bonds is 5. The van der Waals surface area contributed by atoms with Gasteiger partial charge in [-0.05, 0) is 37.1 Å². The fourth-order valence-electron chi connectivity index (χ4n) is 2.57. The summed E-state index contributed by atoms with van der Waals surface area (Å²) in [5, 5.41) is 16.7. The lowest BCUT2D eigenvalue weighted by Crippen LogP contribution is -2.17. The van der Waals surface area contributed by atoms with Crippen LogP contribution >= 0.6 is 0 Å². The molecule has 0 bridgehead atoms. The topological polar surface area (TPSA) is 71.2 Å². The van der Waals surface area contributed by atoms with Crippen LogP contribution in [0.4, 0.5) is 5.69 Å². The van der Waals surface area contributed by atoms with Crippen LogP contribution in [-0.4, -0.2) is 39.2 Å². The molecule has 0 radical (unpaired) electrons. The molecule has 0 aliphatic carbocycles. The third-order valence-corrected chi connectivity index (χ3v) is 3.72. The summed E-state index contributed by atoms with van der Waals surface area (Å²) in [6, 6.07) is 8.23. The zero-order chi connectivity index (χ0) is 14.7. The van der Waals surface area contributed by atoms with Crippen LogP contribution in [0, 0.1) is 0 Å². The molecule has 1 saturated heterocycles. The number of carbonyl (C=O) groups is 1. The molecule has 0 atom stereocenters. The lowest BCUT2D eigenvalue weighted by molar-refractivity contribution is -0.136. The number of hydrogen-bond acceptors (Lipinski definition) is 4. The van der Waals surface area contributed by atoms with Crippen LogP contribution in [-0.2, 0) is 11.2 Å². The van der Waals surface area contributed by atoms with Gasteiger partial charge in [0.05, 0.1) is 24.0 Å². The van der Waals surface area contributed by atoms with E-state index in [1.165, 1.54) is 18.5 Å². The molecule has 0 unspecified atom stereocenters. The molecule has 1 aromatic heterocycles. The minimum atomic E-state index is -0.820. The molecular formula is C15H18N4O2. The highest BCUT2D eigenvalue weighted by molar-refractivity contribution is 5.66. The summed E-state index contributed by atoms with van der Waals surface area (Å²) in [4.78, 5) is 12.9. The molecule has 1 N–H and O–H groups in total. The first-order valence-corrected chi connectivity index (χ1v) is 7.21. The van der Waals surface area contributed by atoms with E-state index in [9.17, 15) is 4.79 Å². The standard InChI is InChI=1S/C15H18N4O2/c20-15(21)8-3-12-11-19(17-16-12)14-6-4-13(5-7-14)18-9-1-2-10-18/h4-7,11H,1-3,8-10H2,(H,20,21). The molecule has 0 amide bonds. The van der Waals surface area contributed by atoms with Crippen molar-refractivity contribution in [2.75, 3.05) is 18.0 Å². The van der Waals surface area contributed by atoms with E-state index in [0.717, 1.165) is 18.8 Å². The van der Waals surface area contributed by atoms with E-state index in [1.54, 1.807) is 10.9 Å². The van der Waals surface area contributed by atoms with Gasteiger partial charge in [-0.2, -0.15) is 0 Å². The van der Waals surface area contributed by atoms with Crippen molar-refractivity contribution in [3.8, 4) is 5.69 Å². The lowest BCUT2D eigenvalue weighted by atomic mass is 10.2. The van der Waals surface area contributed by atoms with E-state index in [2.05, 4.69) is 27.3 Å². The van der Waals surface area contributed by atoms with Crippen LogP contribution in [0.3, 0.4) is 0 Å². The highest BCUT2D eigenvalue weighted by Gasteiger charge is 2.12. The molecule has 2 heterocycles. The minimum Gasteiger partial charge on any atom is -0.481 e. The Morgan fingerprint density at radius 3 is 2.48 bits per heavy atom. The van der Waals surface area contributed by atoms with Crippen LogP contribution in [0.1, 0.15) is 25.0 Å². The van der Waals surface area contributed by atoms with Gasteiger partial charge in [-0.25, -0.2) is 4.68 Å². The van der Waals surface area contributed by atoms with E-state index in [0.29, 0.717) is 12.1 Å². The molecule has 1 aliphatic heterocycles. The van der Waals surface area contributed by atoms with Crippen molar-refractivity contribution in [3.05, 3.63) is 36.2 Å². The third kappa shape index (κ3) is 3.21. The number of nitrogens with zero attached hydrogens (tertiary/aromatic N) is 4. The van der Waals surface area contributed by atoms with Gasteiger partial charge in [-0.15, -0.1) is 5.10 Å². The zero-order valence-corrected chi connectivity index (χ0v) is 11.8. The summed E-state index contributed by atoms with van der Waals surface area (Å²) in [7, 11) is 0. The van der Waals surface area contributed by atoms with Crippen LogP contribution in [0.2, 0.25) is 0 Å². The second-order valence-electron chi connectivity index (χ2n) is 5.26. The van der Waals surface area contributed by atoms with Crippen LogP contribution in [0.15, 0.2) is 30.5 Å². The Balaban J connectivity index is 1.70. The first-order chi connectivity index (χ1) is 10.2. The van der Waals surface area contributed by atoms with Crippen LogP contribution < -0.4 is 4.90 Å². The van der Waals surface area contributed by atoms with Crippen molar-refractivity contribution >= 4 is 11.7 Å². The van der Waals surface area contributed by atoms with E-state index < -0.39 is 5.97 Å². The molecule has 1 aromatic carbocycles. The number of aromatic nitrogens is 3. The summed E-state index contributed by atoms with van der Waals surface area (Å²) in [5.74, 6) is -0.820. The van der Waals surface area contributed by atoms with E-state index in [-0.39, 0.29) is 6.42 Å². The number of carboxylic acids is 1. The Morgan fingerprint density at radius 1 is 1.14 bits per heavy atom. The molecule has 6 nitrogen and oxygen atoms in total. The maximum Gasteiger partial charge on any atom is 0.303 e. The Hall–Kier alpha value is -2.37. The Kier molecular flexibility index (Phi) is 3.85. The molecule has 0 saturated carbocycles. The van der Waals surface area contributed by atoms with Gasteiger partial charge in [-0.3, -0.25) is 4.79 Å². The molecule has 6 heteroatoms. The first-order valence-electron chi connectivity index (χ1n) is 7.21. The molecule has 110 valence electrons. The minimum absolute atomic E-state index is 0.0760. The monoisotopic (exact) mass is 286 g/mol.